The molecule has 3 rings (SSSR count). The molecular weight excluding hydrogens is 340 g/mol. The number of benzene rings is 1. The summed E-state index contributed by atoms with van der Waals surface area (Å²) in [5, 5.41) is 3.57. The molecular formula is C18H18N2O4S. The van der Waals surface area contributed by atoms with Gasteiger partial charge in [0.25, 0.3) is 5.91 Å². The summed E-state index contributed by atoms with van der Waals surface area (Å²) < 4.78 is 15.9. The molecule has 1 amide bonds. The first-order valence-electron chi connectivity index (χ1n) is 7.62. The average Bonchev–Trinajstić information content (AvgIpc) is 3.29. The first-order valence-corrected chi connectivity index (χ1v) is 8.44. The number of ether oxygens (including phenoxy) is 2. The molecule has 1 N–H and O–H groups in total. The maximum Gasteiger partial charge on any atom is 0.271 e. The van der Waals surface area contributed by atoms with Gasteiger partial charge >= 0.3 is 0 Å². The fourth-order valence-corrected chi connectivity index (χ4v) is 3.25. The Morgan fingerprint density at radius 3 is 2.80 bits per heavy atom. The smallest absolute Gasteiger partial charge is 0.271 e. The van der Waals surface area contributed by atoms with E-state index < -0.39 is 0 Å². The summed E-state index contributed by atoms with van der Waals surface area (Å²) in [6.45, 7) is 2.20. The van der Waals surface area contributed by atoms with Crippen LogP contribution in [0.2, 0.25) is 0 Å². The van der Waals surface area contributed by atoms with Crippen molar-refractivity contribution in [3.63, 3.8) is 0 Å². The third-order valence-corrected chi connectivity index (χ3v) is 4.66. The van der Waals surface area contributed by atoms with E-state index in [0.717, 1.165) is 10.4 Å². The fourth-order valence-electron chi connectivity index (χ4n) is 2.37. The zero-order valence-electron chi connectivity index (χ0n) is 14.2. The Hall–Kier alpha value is -2.80. The first kappa shape index (κ1) is 17.0. The summed E-state index contributed by atoms with van der Waals surface area (Å²) in [5.41, 5.74) is 1.26. The van der Waals surface area contributed by atoms with E-state index in [1.807, 2.05) is 25.1 Å². The van der Waals surface area contributed by atoms with Crippen LogP contribution in [-0.4, -0.2) is 25.1 Å². The molecule has 7 heteroatoms. The molecule has 1 aromatic carbocycles. The van der Waals surface area contributed by atoms with Crippen LogP contribution in [0.15, 0.2) is 41.0 Å². The van der Waals surface area contributed by atoms with Crippen molar-refractivity contribution in [2.45, 2.75) is 13.5 Å². The second-order valence-electron chi connectivity index (χ2n) is 5.26. The Labute approximate surface area is 149 Å². The number of carbonyl (C=O) groups excluding carboxylic acids is 1. The van der Waals surface area contributed by atoms with Crippen molar-refractivity contribution in [3.8, 4) is 22.3 Å². The number of nitrogens with zero attached hydrogens (tertiary/aromatic N) is 1. The Morgan fingerprint density at radius 2 is 2.12 bits per heavy atom. The number of aromatic nitrogens is 1. The van der Waals surface area contributed by atoms with Crippen molar-refractivity contribution in [2.24, 2.45) is 0 Å². The number of aryl methyl sites for hydroxylation is 1. The molecule has 0 atom stereocenters. The van der Waals surface area contributed by atoms with Crippen molar-refractivity contribution < 1.29 is 18.7 Å². The van der Waals surface area contributed by atoms with E-state index in [1.54, 1.807) is 32.6 Å². The van der Waals surface area contributed by atoms with E-state index in [2.05, 4.69) is 10.3 Å². The Morgan fingerprint density at radius 1 is 1.28 bits per heavy atom. The number of amides is 1. The number of furan rings is 1. The van der Waals surface area contributed by atoms with Crippen LogP contribution >= 0.6 is 11.3 Å². The van der Waals surface area contributed by atoms with Gasteiger partial charge in [0.15, 0.2) is 10.8 Å². The van der Waals surface area contributed by atoms with Crippen molar-refractivity contribution in [2.75, 3.05) is 14.2 Å². The van der Waals surface area contributed by atoms with Crippen LogP contribution in [0.3, 0.4) is 0 Å². The van der Waals surface area contributed by atoms with Gasteiger partial charge in [-0.15, -0.1) is 11.3 Å². The summed E-state index contributed by atoms with van der Waals surface area (Å²) in [7, 11) is 3.18. The minimum Gasteiger partial charge on any atom is -0.497 e. The van der Waals surface area contributed by atoms with Crippen LogP contribution in [0.25, 0.3) is 10.8 Å². The zero-order valence-corrected chi connectivity index (χ0v) is 15.0. The standard InChI is InChI=1S/C18H18N2O4S/c1-11-16(20-18(25-11)14-5-4-8-24-14)17(21)19-10-12-6-7-13(22-2)9-15(12)23-3/h4-9H,10H2,1-3H3,(H,19,21). The summed E-state index contributed by atoms with van der Waals surface area (Å²) in [4.78, 5) is 17.7. The van der Waals surface area contributed by atoms with Crippen LogP contribution < -0.4 is 14.8 Å². The SMILES string of the molecule is COc1ccc(CNC(=O)c2nc(-c3ccco3)sc2C)c(OC)c1. The normalized spacial score (nSPS) is 10.5. The number of nitrogens with one attached hydrogen (secondary N) is 1. The lowest BCUT2D eigenvalue weighted by atomic mass is 10.2. The molecule has 2 aromatic heterocycles. The van der Waals surface area contributed by atoms with Crippen LogP contribution in [0.4, 0.5) is 0 Å². The van der Waals surface area contributed by atoms with Crippen LogP contribution in [-0.2, 0) is 6.54 Å². The highest BCUT2D eigenvalue weighted by Crippen LogP contribution is 2.28. The minimum absolute atomic E-state index is 0.232. The summed E-state index contributed by atoms with van der Waals surface area (Å²) >= 11 is 1.43. The van der Waals surface area contributed by atoms with E-state index in [-0.39, 0.29) is 5.91 Å². The number of hydrogen-bond donors (Lipinski definition) is 1. The number of carbonyl (C=O) groups is 1. The molecule has 0 aliphatic heterocycles. The molecule has 0 saturated carbocycles. The maximum absolute atomic E-state index is 12.5. The molecule has 2 heterocycles. The second kappa shape index (κ2) is 7.40. The Balaban J connectivity index is 1.73. The lowest BCUT2D eigenvalue weighted by Crippen LogP contribution is -2.24. The number of hydrogen-bond acceptors (Lipinski definition) is 6. The summed E-state index contributed by atoms with van der Waals surface area (Å²) in [6.07, 6.45) is 1.59. The van der Waals surface area contributed by atoms with Crippen LogP contribution in [0.5, 0.6) is 11.5 Å². The van der Waals surface area contributed by atoms with E-state index in [0.29, 0.717) is 34.5 Å². The van der Waals surface area contributed by atoms with Crippen LogP contribution in [0, 0.1) is 6.92 Å². The van der Waals surface area contributed by atoms with Crippen molar-refractivity contribution in [1.82, 2.24) is 10.3 Å². The first-order chi connectivity index (χ1) is 12.1. The van der Waals surface area contributed by atoms with Gasteiger partial charge in [-0.3, -0.25) is 4.79 Å². The highest BCUT2D eigenvalue weighted by atomic mass is 32.1. The van der Waals surface area contributed by atoms with Gasteiger partial charge in [0, 0.05) is 23.1 Å². The lowest BCUT2D eigenvalue weighted by Gasteiger charge is -2.11. The number of methoxy groups -OCH3 is 2. The fraction of sp³-hybridized carbons (Fsp3) is 0.222. The molecule has 25 heavy (non-hydrogen) atoms. The third-order valence-electron chi connectivity index (χ3n) is 3.68. The van der Waals surface area contributed by atoms with E-state index in [9.17, 15) is 4.79 Å². The lowest BCUT2D eigenvalue weighted by molar-refractivity contribution is 0.0946. The minimum atomic E-state index is -0.232. The molecule has 0 unspecified atom stereocenters. The van der Waals surface area contributed by atoms with E-state index in [4.69, 9.17) is 13.9 Å². The number of thiazole rings is 1. The van der Waals surface area contributed by atoms with Gasteiger partial charge in [-0.05, 0) is 31.2 Å². The monoisotopic (exact) mass is 358 g/mol. The average molecular weight is 358 g/mol. The highest BCUT2D eigenvalue weighted by molar-refractivity contribution is 7.15. The molecule has 6 nitrogen and oxygen atoms in total. The largest absolute Gasteiger partial charge is 0.497 e. The van der Waals surface area contributed by atoms with E-state index in [1.165, 1.54) is 11.3 Å². The Bertz CT molecular complexity index is 871. The predicted octanol–water partition coefficient (Wildman–Crippen LogP) is 3.66. The third kappa shape index (κ3) is 3.66. The molecule has 0 spiro atoms. The van der Waals surface area contributed by atoms with Gasteiger partial charge in [-0.2, -0.15) is 0 Å². The molecule has 0 aliphatic carbocycles. The van der Waals surface area contributed by atoms with Gasteiger partial charge in [0.2, 0.25) is 0 Å². The summed E-state index contributed by atoms with van der Waals surface area (Å²) in [5.74, 6) is 1.78. The predicted molar refractivity (Wildman–Crippen MR) is 95.3 cm³/mol. The maximum atomic E-state index is 12.5. The molecule has 0 aliphatic rings. The summed E-state index contributed by atoms with van der Waals surface area (Å²) in [6, 6.07) is 9.09. The highest BCUT2D eigenvalue weighted by Gasteiger charge is 2.18. The van der Waals surface area contributed by atoms with Gasteiger partial charge < -0.3 is 19.2 Å². The topological polar surface area (TPSA) is 73.6 Å². The van der Waals surface area contributed by atoms with Gasteiger partial charge in [-0.25, -0.2) is 4.98 Å². The zero-order chi connectivity index (χ0) is 17.8. The molecule has 0 radical (unpaired) electrons. The quantitative estimate of drug-likeness (QED) is 0.728. The Kier molecular flexibility index (Phi) is 5.04. The molecule has 0 saturated heterocycles. The van der Waals surface area contributed by atoms with Gasteiger partial charge in [0.1, 0.15) is 17.2 Å². The van der Waals surface area contributed by atoms with Gasteiger partial charge in [0.05, 0.1) is 20.5 Å². The van der Waals surface area contributed by atoms with Crippen molar-refractivity contribution in [1.29, 1.82) is 0 Å². The number of rotatable bonds is 6. The van der Waals surface area contributed by atoms with Crippen LogP contribution in [0.1, 0.15) is 20.9 Å². The second-order valence-corrected chi connectivity index (χ2v) is 6.46. The van der Waals surface area contributed by atoms with E-state index >= 15 is 0 Å². The molecule has 130 valence electrons. The molecule has 0 fully saturated rings. The molecule has 0 bridgehead atoms. The van der Waals surface area contributed by atoms with Gasteiger partial charge in [-0.1, -0.05) is 0 Å². The van der Waals surface area contributed by atoms with Crippen molar-refractivity contribution in [3.05, 3.63) is 52.7 Å². The van der Waals surface area contributed by atoms with Crippen molar-refractivity contribution >= 4 is 17.2 Å². The molecule has 3 aromatic rings.